The molecule has 0 radical (unpaired) electrons. The maximum absolute atomic E-state index is 11.4. The van der Waals surface area contributed by atoms with Crippen LogP contribution in [0.5, 0.6) is 0 Å². The molecule has 1 fully saturated rings. The molecular formula is C12H15NO2. The number of piperidine rings is 1. The number of nitrogens with zero attached hydrogens (tertiary/aromatic N) is 1. The fraction of sp³-hybridized carbons (Fsp3) is 0.417. The van der Waals surface area contributed by atoms with E-state index in [2.05, 4.69) is 0 Å². The summed E-state index contributed by atoms with van der Waals surface area (Å²) in [5.41, 5.74) is 1.09. The van der Waals surface area contributed by atoms with Gasteiger partial charge in [0.15, 0.2) is 0 Å². The van der Waals surface area contributed by atoms with E-state index in [1.807, 2.05) is 30.3 Å². The highest BCUT2D eigenvalue weighted by Crippen LogP contribution is 2.12. The molecular weight excluding hydrogens is 190 g/mol. The summed E-state index contributed by atoms with van der Waals surface area (Å²) in [6, 6.07) is 9.89. The van der Waals surface area contributed by atoms with Gasteiger partial charge in [-0.1, -0.05) is 30.3 Å². The molecule has 1 amide bonds. The Bertz CT molecular complexity index is 324. The molecule has 0 bridgehead atoms. The minimum absolute atomic E-state index is 0.109. The average molecular weight is 205 g/mol. The SMILES string of the molecule is O=C1CCCCN1OCc1ccccc1. The molecule has 1 aromatic rings. The van der Waals surface area contributed by atoms with Gasteiger partial charge in [0.05, 0.1) is 0 Å². The van der Waals surface area contributed by atoms with Crippen molar-refractivity contribution in [3.8, 4) is 0 Å². The van der Waals surface area contributed by atoms with Gasteiger partial charge in [0, 0.05) is 13.0 Å². The van der Waals surface area contributed by atoms with Gasteiger partial charge in [0.2, 0.25) is 5.91 Å². The van der Waals surface area contributed by atoms with Crippen LogP contribution in [0.2, 0.25) is 0 Å². The minimum Gasteiger partial charge on any atom is -0.273 e. The molecule has 3 nitrogen and oxygen atoms in total. The van der Waals surface area contributed by atoms with Gasteiger partial charge in [0.1, 0.15) is 6.61 Å². The molecule has 0 aromatic heterocycles. The fourth-order valence-electron chi connectivity index (χ4n) is 1.64. The topological polar surface area (TPSA) is 29.5 Å². The van der Waals surface area contributed by atoms with Crippen LogP contribution in [0.4, 0.5) is 0 Å². The zero-order valence-corrected chi connectivity index (χ0v) is 8.69. The van der Waals surface area contributed by atoms with E-state index in [0.29, 0.717) is 13.0 Å². The van der Waals surface area contributed by atoms with Crippen LogP contribution in [-0.2, 0) is 16.2 Å². The largest absolute Gasteiger partial charge is 0.273 e. The van der Waals surface area contributed by atoms with Gasteiger partial charge < -0.3 is 0 Å². The van der Waals surface area contributed by atoms with Crippen molar-refractivity contribution in [2.24, 2.45) is 0 Å². The third kappa shape index (κ3) is 2.80. The van der Waals surface area contributed by atoms with Crippen molar-refractivity contribution in [2.75, 3.05) is 6.54 Å². The number of hydroxylamine groups is 2. The van der Waals surface area contributed by atoms with E-state index in [9.17, 15) is 4.79 Å². The van der Waals surface area contributed by atoms with Crippen LogP contribution in [0.1, 0.15) is 24.8 Å². The van der Waals surface area contributed by atoms with E-state index in [0.717, 1.165) is 24.9 Å². The molecule has 3 heteroatoms. The van der Waals surface area contributed by atoms with E-state index in [1.54, 1.807) is 0 Å². The molecule has 2 rings (SSSR count). The van der Waals surface area contributed by atoms with Crippen molar-refractivity contribution in [3.05, 3.63) is 35.9 Å². The predicted molar refractivity (Wildman–Crippen MR) is 56.8 cm³/mol. The Hall–Kier alpha value is -1.35. The number of rotatable bonds is 3. The summed E-state index contributed by atoms with van der Waals surface area (Å²) in [7, 11) is 0. The summed E-state index contributed by atoms with van der Waals surface area (Å²) in [5.74, 6) is 0.109. The molecule has 1 aliphatic heterocycles. The van der Waals surface area contributed by atoms with Gasteiger partial charge >= 0.3 is 0 Å². The minimum atomic E-state index is 0.109. The highest BCUT2D eigenvalue weighted by atomic mass is 16.7. The highest BCUT2D eigenvalue weighted by Gasteiger charge is 2.18. The summed E-state index contributed by atoms with van der Waals surface area (Å²) in [6.07, 6.45) is 2.65. The first-order valence-electron chi connectivity index (χ1n) is 5.33. The van der Waals surface area contributed by atoms with Crippen LogP contribution >= 0.6 is 0 Å². The molecule has 1 saturated heterocycles. The molecule has 0 unspecified atom stereocenters. The Morgan fingerprint density at radius 3 is 2.73 bits per heavy atom. The molecule has 15 heavy (non-hydrogen) atoms. The Kier molecular flexibility index (Phi) is 3.35. The van der Waals surface area contributed by atoms with Gasteiger partial charge in [-0.25, -0.2) is 5.06 Å². The Morgan fingerprint density at radius 2 is 2.00 bits per heavy atom. The van der Waals surface area contributed by atoms with Gasteiger partial charge in [-0.2, -0.15) is 0 Å². The van der Waals surface area contributed by atoms with E-state index < -0.39 is 0 Å². The summed E-state index contributed by atoms with van der Waals surface area (Å²) in [5, 5.41) is 1.50. The van der Waals surface area contributed by atoms with Crippen LogP contribution in [0.15, 0.2) is 30.3 Å². The van der Waals surface area contributed by atoms with E-state index in [1.165, 1.54) is 5.06 Å². The van der Waals surface area contributed by atoms with Crippen LogP contribution < -0.4 is 0 Å². The van der Waals surface area contributed by atoms with Crippen LogP contribution in [0, 0.1) is 0 Å². The highest BCUT2D eigenvalue weighted by molar-refractivity contribution is 5.75. The van der Waals surface area contributed by atoms with Gasteiger partial charge in [-0.15, -0.1) is 0 Å². The third-order valence-electron chi connectivity index (χ3n) is 2.51. The molecule has 1 heterocycles. The maximum atomic E-state index is 11.4. The monoisotopic (exact) mass is 205 g/mol. The zero-order chi connectivity index (χ0) is 10.5. The zero-order valence-electron chi connectivity index (χ0n) is 8.69. The second-order valence-electron chi connectivity index (χ2n) is 3.71. The van der Waals surface area contributed by atoms with Gasteiger partial charge in [0.25, 0.3) is 0 Å². The van der Waals surface area contributed by atoms with Gasteiger partial charge in [-0.05, 0) is 18.4 Å². The summed E-state index contributed by atoms with van der Waals surface area (Å²) >= 11 is 0. The summed E-state index contributed by atoms with van der Waals surface area (Å²) in [6.45, 7) is 1.21. The molecule has 0 N–H and O–H groups in total. The van der Waals surface area contributed by atoms with E-state index in [-0.39, 0.29) is 5.91 Å². The number of benzene rings is 1. The van der Waals surface area contributed by atoms with Crippen molar-refractivity contribution >= 4 is 5.91 Å². The van der Waals surface area contributed by atoms with Gasteiger partial charge in [-0.3, -0.25) is 9.63 Å². The summed E-state index contributed by atoms with van der Waals surface area (Å²) in [4.78, 5) is 16.9. The standard InChI is InChI=1S/C12H15NO2/c14-12-8-4-5-9-13(12)15-10-11-6-2-1-3-7-11/h1-3,6-7H,4-5,8-10H2. The lowest BCUT2D eigenvalue weighted by Crippen LogP contribution is -2.35. The van der Waals surface area contributed by atoms with E-state index >= 15 is 0 Å². The lowest BCUT2D eigenvalue weighted by atomic mass is 10.1. The Morgan fingerprint density at radius 1 is 1.20 bits per heavy atom. The summed E-state index contributed by atoms with van der Waals surface area (Å²) < 4.78 is 0. The Labute approximate surface area is 89.6 Å². The molecule has 1 aromatic carbocycles. The lowest BCUT2D eigenvalue weighted by molar-refractivity contribution is -0.196. The smallest absolute Gasteiger partial charge is 0.246 e. The lowest BCUT2D eigenvalue weighted by Gasteiger charge is -2.25. The number of carbonyl (C=O) groups excluding carboxylic acids is 1. The average Bonchev–Trinajstić information content (AvgIpc) is 2.29. The Balaban J connectivity index is 1.85. The first-order chi connectivity index (χ1) is 7.36. The number of carbonyl (C=O) groups is 1. The van der Waals surface area contributed by atoms with Crippen molar-refractivity contribution in [1.82, 2.24) is 5.06 Å². The van der Waals surface area contributed by atoms with Crippen molar-refractivity contribution in [3.63, 3.8) is 0 Å². The van der Waals surface area contributed by atoms with Crippen molar-refractivity contribution in [2.45, 2.75) is 25.9 Å². The van der Waals surface area contributed by atoms with Crippen LogP contribution in [0.3, 0.4) is 0 Å². The number of hydrogen-bond donors (Lipinski definition) is 0. The van der Waals surface area contributed by atoms with Crippen LogP contribution in [0.25, 0.3) is 0 Å². The fourth-order valence-corrected chi connectivity index (χ4v) is 1.64. The molecule has 0 spiro atoms. The van der Waals surface area contributed by atoms with Crippen molar-refractivity contribution < 1.29 is 9.63 Å². The molecule has 1 aliphatic rings. The second kappa shape index (κ2) is 4.94. The molecule has 0 aliphatic carbocycles. The van der Waals surface area contributed by atoms with Crippen molar-refractivity contribution in [1.29, 1.82) is 0 Å². The molecule has 0 atom stereocenters. The predicted octanol–water partition coefficient (Wildman–Crippen LogP) is 2.13. The number of hydrogen-bond acceptors (Lipinski definition) is 2. The van der Waals surface area contributed by atoms with E-state index in [4.69, 9.17) is 4.84 Å². The molecule has 80 valence electrons. The van der Waals surface area contributed by atoms with Crippen LogP contribution in [-0.4, -0.2) is 17.5 Å². The first-order valence-corrected chi connectivity index (χ1v) is 5.33. The third-order valence-corrected chi connectivity index (χ3v) is 2.51. The quantitative estimate of drug-likeness (QED) is 0.756. The second-order valence-corrected chi connectivity index (χ2v) is 3.71. The number of amides is 1. The first kappa shape index (κ1) is 10.2. The normalized spacial score (nSPS) is 16.8. The maximum Gasteiger partial charge on any atom is 0.246 e. The molecule has 0 saturated carbocycles.